The van der Waals surface area contributed by atoms with E-state index in [1.165, 1.54) is 49.2 Å². The molecule has 0 bridgehead atoms. The van der Waals surface area contributed by atoms with Crippen molar-refractivity contribution in [3.63, 3.8) is 0 Å². The van der Waals surface area contributed by atoms with Gasteiger partial charge >= 0.3 is 0 Å². The Bertz CT molecular complexity index is 430. The fraction of sp³-hybridized carbons (Fsp3) is 0.667. The molecule has 0 amide bonds. The van der Waals surface area contributed by atoms with Crippen LogP contribution in [0.2, 0.25) is 0 Å². The largest absolute Gasteiger partial charge is 0.374 e. The first-order valence-corrected chi connectivity index (χ1v) is 9.41. The Hall–Kier alpha value is -0.510. The van der Waals surface area contributed by atoms with Crippen LogP contribution in [0.25, 0.3) is 0 Å². The van der Waals surface area contributed by atoms with E-state index in [1.807, 2.05) is 0 Å². The summed E-state index contributed by atoms with van der Waals surface area (Å²) in [7, 11) is 2.08. The van der Waals surface area contributed by atoms with Gasteiger partial charge in [-0.1, -0.05) is 30.3 Å². The molecule has 2 nitrogen and oxygen atoms in total. The molecule has 3 atom stereocenters. The van der Waals surface area contributed by atoms with Gasteiger partial charge in [-0.2, -0.15) is 11.8 Å². The summed E-state index contributed by atoms with van der Waals surface area (Å²) in [5.74, 6) is 3.35. The summed E-state index contributed by atoms with van der Waals surface area (Å²) < 4.78 is 6.14. The predicted octanol–water partition coefficient (Wildman–Crippen LogP) is 4.03. The van der Waals surface area contributed by atoms with Crippen LogP contribution >= 0.6 is 11.8 Å². The zero-order valence-corrected chi connectivity index (χ0v) is 13.8. The van der Waals surface area contributed by atoms with E-state index < -0.39 is 0 Å². The summed E-state index contributed by atoms with van der Waals surface area (Å²) in [6.45, 7) is 0.973. The van der Waals surface area contributed by atoms with Gasteiger partial charge in [0.25, 0.3) is 0 Å². The fourth-order valence-corrected chi connectivity index (χ4v) is 5.18. The van der Waals surface area contributed by atoms with E-state index in [-0.39, 0.29) is 5.60 Å². The van der Waals surface area contributed by atoms with Crippen molar-refractivity contribution in [2.75, 3.05) is 25.2 Å². The molecule has 1 N–H and O–H groups in total. The summed E-state index contributed by atoms with van der Waals surface area (Å²) in [5, 5.41) is 3.48. The molecule has 2 saturated heterocycles. The molecule has 2 fully saturated rings. The molecule has 21 heavy (non-hydrogen) atoms. The summed E-state index contributed by atoms with van der Waals surface area (Å²) in [6.07, 6.45) is 6.34. The van der Waals surface area contributed by atoms with E-state index >= 15 is 0 Å². The first-order valence-electron chi connectivity index (χ1n) is 8.25. The lowest BCUT2D eigenvalue weighted by Gasteiger charge is -2.38. The van der Waals surface area contributed by atoms with E-state index in [1.54, 1.807) is 0 Å². The molecular weight excluding hydrogens is 278 g/mol. The Morgan fingerprint density at radius 2 is 2.24 bits per heavy atom. The topological polar surface area (TPSA) is 21.3 Å². The standard InChI is InChI=1S/C18H27NOS/c1-19-17(16-5-3-2-4-6-16)8-7-15-9-11-20-18(13-15)10-12-21-14-18/h2-6,15,17,19H,7-14H2,1H3. The third-order valence-corrected chi connectivity index (χ3v) is 6.30. The van der Waals surface area contributed by atoms with Gasteiger partial charge in [0.2, 0.25) is 0 Å². The minimum absolute atomic E-state index is 0.232. The first kappa shape index (κ1) is 15.4. The summed E-state index contributed by atoms with van der Waals surface area (Å²) in [6, 6.07) is 11.3. The minimum atomic E-state index is 0.232. The van der Waals surface area contributed by atoms with Crippen molar-refractivity contribution in [1.29, 1.82) is 0 Å². The van der Waals surface area contributed by atoms with Crippen LogP contribution in [0.15, 0.2) is 30.3 Å². The van der Waals surface area contributed by atoms with Gasteiger partial charge in [0.15, 0.2) is 0 Å². The molecular formula is C18H27NOS. The lowest BCUT2D eigenvalue weighted by Crippen LogP contribution is -2.40. The van der Waals surface area contributed by atoms with Gasteiger partial charge in [0.05, 0.1) is 5.60 Å². The van der Waals surface area contributed by atoms with Crippen LogP contribution in [0.4, 0.5) is 0 Å². The highest BCUT2D eigenvalue weighted by molar-refractivity contribution is 7.99. The van der Waals surface area contributed by atoms with E-state index in [0.717, 1.165) is 12.5 Å². The van der Waals surface area contributed by atoms with E-state index in [4.69, 9.17) is 4.74 Å². The van der Waals surface area contributed by atoms with Crippen molar-refractivity contribution in [3.8, 4) is 0 Å². The molecule has 2 heterocycles. The lowest BCUT2D eigenvalue weighted by molar-refractivity contribution is -0.0810. The number of rotatable bonds is 5. The highest BCUT2D eigenvalue weighted by Gasteiger charge is 2.40. The Balaban J connectivity index is 1.54. The van der Waals surface area contributed by atoms with Gasteiger partial charge in [-0.25, -0.2) is 0 Å². The number of benzene rings is 1. The molecule has 3 rings (SSSR count). The number of nitrogens with one attached hydrogen (secondary N) is 1. The van der Waals surface area contributed by atoms with Crippen molar-refractivity contribution in [2.45, 2.75) is 43.7 Å². The smallest absolute Gasteiger partial charge is 0.0783 e. The van der Waals surface area contributed by atoms with E-state index in [2.05, 4.69) is 54.5 Å². The van der Waals surface area contributed by atoms with Crippen LogP contribution in [0.5, 0.6) is 0 Å². The third kappa shape index (κ3) is 3.82. The maximum absolute atomic E-state index is 6.14. The van der Waals surface area contributed by atoms with Crippen molar-refractivity contribution >= 4 is 11.8 Å². The van der Waals surface area contributed by atoms with Crippen molar-refractivity contribution in [3.05, 3.63) is 35.9 Å². The van der Waals surface area contributed by atoms with Crippen LogP contribution in [0.1, 0.15) is 43.7 Å². The Morgan fingerprint density at radius 1 is 1.38 bits per heavy atom. The minimum Gasteiger partial charge on any atom is -0.374 e. The molecule has 1 spiro atoms. The average Bonchev–Trinajstić information content (AvgIpc) is 2.97. The van der Waals surface area contributed by atoms with Crippen LogP contribution in [0.3, 0.4) is 0 Å². The first-order chi connectivity index (χ1) is 10.3. The number of thioether (sulfide) groups is 1. The Labute approximate surface area is 133 Å². The normalized spacial score (nSPS) is 30.6. The van der Waals surface area contributed by atoms with Crippen molar-refractivity contribution in [2.24, 2.45) is 5.92 Å². The molecule has 3 heteroatoms. The molecule has 2 aliphatic rings. The van der Waals surface area contributed by atoms with Gasteiger partial charge in [-0.15, -0.1) is 0 Å². The number of hydrogen-bond donors (Lipinski definition) is 1. The molecule has 3 unspecified atom stereocenters. The van der Waals surface area contributed by atoms with E-state index in [0.29, 0.717) is 6.04 Å². The second kappa shape index (κ2) is 7.17. The quantitative estimate of drug-likeness (QED) is 0.887. The Morgan fingerprint density at radius 3 is 2.95 bits per heavy atom. The van der Waals surface area contributed by atoms with E-state index in [9.17, 15) is 0 Å². The van der Waals surface area contributed by atoms with Crippen LogP contribution in [-0.4, -0.2) is 30.8 Å². The van der Waals surface area contributed by atoms with Gasteiger partial charge in [0.1, 0.15) is 0 Å². The Kier molecular flexibility index (Phi) is 5.25. The zero-order valence-electron chi connectivity index (χ0n) is 13.0. The maximum atomic E-state index is 6.14. The maximum Gasteiger partial charge on any atom is 0.0783 e. The second-order valence-corrected chi connectivity index (χ2v) is 7.63. The summed E-state index contributed by atoms with van der Waals surface area (Å²) in [5.41, 5.74) is 1.65. The molecule has 1 aromatic carbocycles. The summed E-state index contributed by atoms with van der Waals surface area (Å²) in [4.78, 5) is 0. The highest BCUT2D eigenvalue weighted by Crippen LogP contribution is 2.42. The third-order valence-electron chi connectivity index (χ3n) is 5.08. The van der Waals surface area contributed by atoms with Crippen molar-refractivity contribution in [1.82, 2.24) is 5.32 Å². The van der Waals surface area contributed by atoms with Crippen LogP contribution in [-0.2, 0) is 4.74 Å². The zero-order chi connectivity index (χ0) is 14.5. The molecule has 0 aliphatic carbocycles. The fourth-order valence-electron chi connectivity index (χ4n) is 3.80. The van der Waals surface area contributed by atoms with Gasteiger partial charge in [-0.3, -0.25) is 0 Å². The van der Waals surface area contributed by atoms with Crippen molar-refractivity contribution < 1.29 is 4.74 Å². The lowest BCUT2D eigenvalue weighted by atomic mass is 9.82. The number of hydrogen-bond acceptors (Lipinski definition) is 3. The summed E-state index contributed by atoms with van der Waals surface area (Å²) >= 11 is 2.07. The average molecular weight is 305 g/mol. The molecule has 0 aromatic heterocycles. The van der Waals surface area contributed by atoms with Gasteiger partial charge < -0.3 is 10.1 Å². The monoisotopic (exact) mass is 305 g/mol. The molecule has 116 valence electrons. The van der Waals surface area contributed by atoms with Gasteiger partial charge in [-0.05, 0) is 56.4 Å². The molecule has 0 saturated carbocycles. The highest BCUT2D eigenvalue weighted by atomic mass is 32.2. The number of ether oxygens (including phenoxy) is 1. The SMILES string of the molecule is CNC(CCC1CCOC2(CCSC2)C1)c1ccccc1. The molecule has 2 aliphatic heterocycles. The molecule has 0 radical (unpaired) electrons. The van der Waals surface area contributed by atoms with Crippen LogP contribution < -0.4 is 5.32 Å². The van der Waals surface area contributed by atoms with Gasteiger partial charge in [0, 0.05) is 18.4 Å². The predicted molar refractivity (Wildman–Crippen MR) is 90.8 cm³/mol. The van der Waals surface area contributed by atoms with Crippen LogP contribution in [0, 0.1) is 5.92 Å². The second-order valence-electron chi connectivity index (χ2n) is 6.52. The molecule has 1 aromatic rings.